The van der Waals surface area contributed by atoms with Gasteiger partial charge in [0.25, 0.3) is 0 Å². The summed E-state index contributed by atoms with van der Waals surface area (Å²) >= 11 is 0. The Morgan fingerprint density at radius 2 is 1.17 bits per heavy atom. The largest absolute Gasteiger partial charge is 0.497 e. The number of rotatable bonds is 13. The molecule has 0 N–H and O–H groups in total. The van der Waals surface area contributed by atoms with E-state index in [9.17, 15) is 19.2 Å². The summed E-state index contributed by atoms with van der Waals surface area (Å²) in [5, 5.41) is 0. The zero-order chi connectivity index (χ0) is 26.5. The summed E-state index contributed by atoms with van der Waals surface area (Å²) in [5.41, 5.74) is 0.677. The fraction of sp³-hybridized carbons (Fsp3) is 0.407. The van der Waals surface area contributed by atoms with Crippen molar-refractivity contribution in [1.82, 2.24) is 0 Å². The van der Waals surface area contributed by atoms with Gasteiger partial charge >= 0.3 is 23.9 Å². The molecule has 0 aliphatic heterocycles. The van der Waals surface area contributed by atoms with Crippen LogP contribution in [0.25, 0.3) is 0 Å². The molecule has 9 nitrogen and oxygen atoms in total. The normalized spacial score (nSPS) is 10.3. The Labute approximate surface area is 210 Å². The predicted octanol–water partition coefficient (Wildman–Crippen LogP) is 5.17. The average molecular weight is 501 g/mol. The third kappa shape index (κ3) is 8.72. The van der Waals surface area contributed by atoms with Gasteiger partial charge in [0.2, 0.25) is 5.75 Å². The fourth-order valence-corrected chi connectivity index (χ4v) is 3.03. The molecule has 0 saturated heterocycles. The summed E-state index contributed by atoms with van der Waals surface area (Å²) in [6, 6.07) is 9.43. The lowest BCUT2D eigenvalue weighted by Crippen LogP contribution is -2.16. The highest BCUT2D eigenvalue weighted by molar-refractivity contribution is 5.92. The van der Waals surface area contributed by atoms with Gasteiger partial charge < -0.3 is 23.7 Å². The molecule has 0 bridgehead atoms. The number of ether oxygens (including phenoxy) is 5. The monoisotopic (exact) mass is 500 g/mol. The predicted molar refractivity (Wildman–Crippen MR) is 130 cm³/mol. The highest BCUT2D eigenvalue weighted by atomic mass is 16.6. The summed E-state index contributed by atoms with van der Waals surface area (Å²) in [6.07, 6.45) is 1.84. The van der Waals surface area contributed by atoms with E-state index in [1.54, 1.807) is 52.1 Å². The van der Waals surface area contributed by atoms with Crippen molar-refractivity contribution in [2.24, 2.45) is 0 Å². The quantitative estimate of drug-likeness (QED) is 0.271. The summed E-state index contributed by atoms with van der Waals surface area (Å²) in [5.74, 6) is -2.55. The molecule has 0 heterocycles. The minimum absolute atomic E-state index is 0.0357. The van der Waals surface area contributed by atoms with Crippen LogP contribution in [0.3, 0.4) is 0 Å². The van der Waals surface area contributed by atoms with E-state index in [1.807, 2.05) is 0 Å². The molecule has 9 heteroatoms. The van der Waals surface area contributed by atoms with Crippen LogP contribution in [0.1, 0.15) is 75.2 Å². The highest BCUT2D eigenvalue weighted by Gasteiger charge is 2.25. The lowest BCUT2D eigenvalue weighted by molar-refractivity contribution is -0.138. The molecule has 0 fully saturated rings. The molecule has 0 aliphatic rings. The van der Waals surface area contributed by atoms with Crippen LogP contribution in [0.2, 0.25) is 0 Å². The average Bonchev–Trinajstić information content (AvgIpc) is 2.85. The zero-order valence-corrected chi connectivity index (χ0v) is 21.1. The minimum atomic E-state index is -0.752. The molecule has 0 amide bonds. The molecule has 2 aromatic carbocycles. The van der Waals surface area contributed by atoms with Crippen molar-refractivity contribution in [3.8, 4) is 23.0 Å². The van der Waals surface area contributed by atoms with Crippen molar-refractivity contribution >= 4 is 23.9 Å². The first-order valence-corrected chi connectivity index (χ1v) is 11.9. The van der Waals surface area contributed by atoms with E-state index < -0.39 is 23.9 Å². The second kappa shape index (κ2) is 14.5. The van der Waals surface area contributed by atoms with Crippen LogP contribution in [-0.2, 0) is 25.7 Å². The second-order valence-electron chi connectivity index (χ2n) is 7.90. The fourth-order valence-electron chi connectivity index (χ4n) is 3.03. The van der Waals surface area contributed by atoms with Gasteiger partial charge in [0.1, 0.15) is 12.4 Å². The van der Waals surface area contributed by atoms with Gasteiger partial charge in [-0.05, 0) is 49.1 Å². The maximum Gasteiger partial charge on any atom is 0.338 e. The second-order valence-corrected chi connectivity index (χ2v) is 7.90. The molecule has 0 spiro atoms. The maximum atomic E-state index is 12.9. The van der Waals surface area contributed by atoms with Gasteiger partial charge in [-0.2, -0.15) is 0 Å². The first-order valence-electron chi connectivity index (χ1n) is 11.9. The SMILES string of the molecule is CCCC(=O)Oc1cc(C(=O)OCc2ccc(OC)cc2)cc(OC(=O)CCC)c1OC(=O)CCC. The molecule has 0 aliphatic carbocycles. The van der Waals surface area contributed by atoms with Gasteiger partial charge in [0.15, 0.2) is 11.5 Å². The van der Waals surface area contributed by atoms with Gasteiger partial charge in [0.05, 0.1) is 12.7 Å². The van der Waals surface area contributed by atoms with E-state index in [0.29, 0.717) is 25.0 Å². The lowest BCUT2D eigenvalue weighted by Gasteiger charge is -2.16. The van der Waals surface area contributed by atoms with E-state index in [0.717, 1.165) is 5.56 Å². The molecule has 0 atom stereocenters. The molecule has 0 unspecified atom stereocenters. The molecule has 36 heavy (non-hydrogen) atoms. The van der Waals surface area contributed by atoms with Crippen LogP contribution in [0.4, 0.5) is 0 Å². The van der Waals surface area contributed by atoms with Crippen LogP contribution in [0.15, 0.2) is 36.4 Å². The number of hydrogen-bond acceptors (Lipinski definition) is 9. The molecule has 0 aromatic heterocycles. The molecule has 0 saturated carbocycles. The smallest absolute Gasteiger partial charge is 0.338 e. The van der Waals surface area contributed by atoms with Gasteiger partial charge in [-0.3, -0.25) is 14.4 Å². The maximum absolute atomic E-state index is 12.9. The number of esters is 4. The van der Waals surface area contributed by atoms with Crippen LogP contribution >= 0.6 is 0 Å². The van der Waals surface area contributed by atoms with Crippen molar-refractivity contribution in [3.05, 3.63) is 47.5 Å². The topological polar surface area (TPSA) is 114 Å². The highest BCUT2D eigenvalue weighted by Crippen LogP contribution is 2.40. The molecule has 2 rings (SSSR count). The van der Waals surface area contributed by atoms with Crippen molar-refractivity contribution in [3.63, 3.8) is 0 Å². The van der Waals surface area contributed by atoms with Crippen LogP contribution in [-0.4, -0.2) is 31.0 Å². The summed E-state index contributed by atoms with van der Waals surface area (Å²) < 4.78 is 26.7. The summed E-state index contributed by atoms with van der Waals surface area (Å²) in [4.78, 5) is 49.6. The first-order chi connectivity index (χ1) is 17.3. The van der Waals surface area contributed by atoms with Crippen LogP contribution in [0.5, 0.6) is 23.0 Å². The van der Waals surface area contributed by atoms with E-state index in [2.05, 4.69) is 0 Å². The zero-order valence-electron chi connectivity index (χ0n) is 21.1. The molecular formula is C27H32O9. The van der Waals surface area contributed by atoms with E-state index in [-0.39, 0.29) is 48.7 Å². The molecule has 2 aromatic rings. The Morgan fingerprint density at radius 1 is 0.694 bits per heavy atom. The van der Waals surface area contributed by atoms with Gasteiger partial charge in [-0.15, -0.1) is 0 Å². The van der Waals surface area contributed by atoms with Crippen molar-refractivity contribution < 1.29 is 42.9 Å². The Balaban J connectivity index is 2.42. The molecule has 194 valence electrons. The van der Waals surface area contributed by atoms with Crippen LogP contribution < -0.4 is 18.9 Å². The number of hydrogen-bond donors (Lipinski definition) is 0. The Morgan fingerprint density at radius 3 is 1.61 bits per heavy atom. The third-order valence-corrected chi connectivity index (χ3v) is 4.81. The van der Waals surface area contributed by atoms with Crippen LogP contribution in [0, 0.1) is 0 Å². The van der Waals surface area contributed by atoms with Gasteiger partial charge in [0, 0.05) is 19.3 Å². The molecule has 0 radical (unpaired) electrons. The van der Waals surface area contributed by atoms with Crippen molar-refractivity contribution in [1.29, 1.82) is 0 Å². The Hall–Kier alpha value is -3.88. The van der Waals surface area contributed by atoms with E-state index in [1.165, 1.54) is 12.1 Å². The van der Waals surface area contributed by atoms with Crippen molar-refractivity contribution in [2.75, 3.05) is 7.11 Å². The standard InChI is InChI=1S/C27H32O9/c1-5-8-23(28)34-21-15-19(27(31)33-17-18-11-13-20(32-4)14-12-18)16-22(35-24(29)9-6-2)26(21)36-25(30)10-7-3/h11-16H,5-10,17H2,1-4H3. The van der Waals surface area contributed by atoms with E-state index >= 15 is 0 Å². The summed E-state index contributed by atoms with van der Waals surface area (Å²) in [7, 11) is 1.55. The number of benzene rings is 2. The number of carbonyl (C=O) groups excluding carboxylic acids is 4. The number of carbonyl (C=O) groups is 4. The van der Waals surface area contributed by atoms with Crippen molar-refractivity contribution in [2.45, 2.75) is 65.9 Å². The number of methoxy groups -OCH3 is 1. The lowest BCUT2D eigenvalue weighted by atomic mass is 10.1. The summed E-state index contributed by atoms with van der Waals surface area (Å²) in [6.45, 7) is 5.36. The van der Waals surface area contributed by atoms with Gasteiger partial charge in [-0.1, -0.05) is 32.9 Å². The first kappa shape index (κ1) is 28.4. The van der Waals surface area contributed by atoms with Gasteiger partial charge in [-0.25, -0.2) is 4.79 Å². The minimum Gasteiger partial charge on any atom is -0.497 e. The van der Waals surface area contributed by atoms with E-state index in [4.69, 9.17) is 23.7 Å². The Bertz CT molecular complexity index is 1020. The third-order valence-electron chi connectivity index (χ3n) is 4.81. The Kier molecular flexibility index (Phi) is 11.4. The molecular weight excluding hydrogens is 468 g/mol.